The van der Waals surface area contributed by atoms with Crippen molar-refractivity contribution in [2.24, 2.45) is 11.8 Å². The highest BCUT2D eigenvalue weighted by molar-refractivity contribution is 6.32. The van der Waals surface area contributed by atoms with E-state index in [4.69, 9.17) is 20.8 Å². The third-order valence-electron chi connectivity index (χ3n) is 6.68. The van der Waals surface area contributed by atoms with Crippen LogP contribution in [0.3, 0.4) is 0 Å². The Hall–Kier alpha value is -1.76. The molecule has 2 bridgehead atoms. The standard InChI is InChI=1S/C21H23ClN2O4.ClH/c1-10-5-20(25)28-18-7-19(15(22)6-12(10)18)27-11(2)21(26)24-16-3-4-17(24)14-9-23-8-13(14)16;/h5-7,11,13-14,16-17,23H,3-4,8-9H2,1-2H3;1H/t11?,13-,14+,16-,17+;. The van der Waals surface area contributed by atoms with E-state index in [0.717, 1.165) is 36.9 Å². The van der Waals surface area contributed by atoms with Crippen LogP contribution < -0.4 is 15.7 Å². The Bertz CT molecular complexity index is 1010. The van der Waals surface area contributed by atoms with E-state index >= 15 is 0 Å². The summed E-state index contributed by atoms with van der Waals surface area (Å²) in [5.74, 6) is 1.51. The molecule has 1 aromatic heterocycles. The largest absolute Gasteiger partial charge is 0.479 e. The minimum Gasteiger partial charge on any atom is -0.479 e. The predicted octanol–water partition coefficient (Wildman–Crippen LogP) is 3.15. The van der Waals surface area contributed by atoms with Crippen LogP contribution in [-0.2, 0) is 4.79 Å². The maximum Gasteiger partial charge on any atom is 0.336 e. The third kappa shape index (κ3) is 3.22. The number of benzene rings is 1. The summed E-state index contributed by atoms with van der Waals surface area (Å²) in [6.07, 6.45) is 1.50. The average molecular weight is 439 g/mol. The van der Waals surface area contributed by atoms with Crippen LogP contribution in [0.15, 0.2) is 27.4 Å². The molecule has 3 saturated heterocycles. The molecule has 29 heavy (non-hydrogen) atoms. The normalized spacial score (nSPS) is 28.3. The minimum absolute atomic E-state index is 0. The van der Waals surface area contributed by atoms with E-state index in [1.165, 1.54) is 6.07 Å². The van der Waals surface area contributed by atoms with Crippen LogP contribution in [0.4, 0.5) is 0 Å². The molecule has 3 fully saturated rings. The second kappa shape index (κ2) is 7.49. The van der Waals surface area contributed by atoms with Crippen molar-refractivity contribution in [3.8, 4) is 5.75 Å². The first-order chi connectivity index (χ1) is 13.4. The minimum atomic E-state index is -0.652. The van der Waals surface area contributed by atoms with E-state index in [1.807, 2.05) is 6.92 Å². The van der Waals surface area contributed by atoms with Crippen molar-refractivity contribution in [1.29, 1.82) is 0 Å². The van der Waals surface area contributed by atoms with Crippen LogP contribution in [0.5, 0.6) is 5.75 Å². The van der Waals surface area contributed by atoms with Gasteiger partial charge in [0, 0.05) is 42.7 Å². The first-order valence-corrected chi connectivity index (χ1v) is 10.3. The van der Waals surface area contributed by atoms with Crippen molar-refractivity contribution >= 4 is 40.9 Å². The summed E-state index contributed by atoms with van der Waals surface area (Å²) in [6.45, 7) is 5.59. The molecule has 3 aliphatic rings. The fraction of sp³-hybridized carbons (Fsp3) is 0.524. The highest BCUT2D eigenvalue weighted by Crippen LogP contribution is 2.47. The second-order valence-corrected chi connectivity index (χ2v) is 8.64. The van der Waals surface area contributed by atoms with Gasteiger partial charge in [-0.2, -0.15) is 0 Å². The molecule has 1 N–H and O–H groups in total. The van der Waals surface area contributed by atoms with E-state index in [9.17, 15) is 9.59 Å². The second-order valence-electron chi connectivity index (χ2n) is 8.23. The van der Waals surface area contributed by atoms with Gasteiger partial charge in [0.05, 0.1) is 5.02 Å². The van der Waals surface area contributed by atoms with Gasteiger partial charge < -0.3 is 19.4 Å². The summed E-state index contributed by atoms with van der Waals surface area (Å²) in [5, 5.41) is 4.62. The summed E-state index contributed by atoms with van der Waals surface area (Å²) in [5.41, 5.74) is 0.778. The first-order valence-electron chi connectivity index (χ1n) is 9.87. The maximum absolute atomic E-state index is 13.2. The summed E-state index contributed by atoms with van der Waals surface area (Å²) in [6, 6.07) is 5.39. The molecule has 6 nitrogen and oxygen atoms in total. The first kappa shape index (κ1) is 20.5. The van der Waals surface area contributed by atoms with E-state index in [-0.39, 0.29) is 18.3 Å². The highest BCUT2D eigenvalue weighted by atomic mass is 35.5. The van der Waals surface area contributed by atoms with Gasteiger partial charge in [-0.05, 0) is 50.2 Å². The maximum atomic E-state index is 13.2. The number of nitrogens with one attached hydrogen (secondary N) is 1. The lowest BCUT2D eigenvalue weighted by Gasteiger charge is -2.28. The van der Waals surface area contributed by atoms with Crippen LogP contribution in [0.25, 0.3) is 11.0 Å². The Morgan fingerprint density at radius 3 is 2.55 bits per heavy atom. The van der Waals surface area contributed by atoms with Crippen LogP contribution in [0, 0.1) is 18.8 Å². The Morgan fingerprint density at radius 2 is 1.90 bits per heavy atom. The van der Waals surface area contributed by atoms with Crippen molar-refractivity contribution in [2.45, 2.75) is 44.9 Å². The number of ether oxygens (including phenoxy) is 1. The molecule has 3 aliphatic heterocycles. The van der Waals surface area contributed by atoms with Gasteiger partial charge in [0.15, 0.2) is 6.10 Å². The zero-order valence-corrected chi connectivity index (χ0v) is 17.9. The topological polar surface area (TPSA) is 71.8 Å². The molecular formula is C21H24Cl2N2O4. The lowest BCUT2D eigenvalue weighted by molar-refractivity contribution is -0.139. The van der Waals surface area contributed by atoms with Gasteiger partial charge in [-0.3, -0.25) is 4.79 Å². The smallest absolute Gasteiger partial charge is 0.336 e. The molecule has 4 heterocycles. The summed E-state index contributed by atoms with van der Waals surface area (Å²) < 4.78 is 11.2. The number of halogens is 2. The number of carbonyl (C=O) groups excluding carboxylic acids is 1. The fourth-order valence-electron chi connectivity index (χ4n) is 5.46. The lowest BCUT2D eigenvalue weighted by Crippen LogP contribution is -2.45. The Balaban J connectivity index is 0.00000205. The number of rotatable bonds is 3. The summed E-state index contributed by atoms with van der Waals surface area (Å²) >= 11 is 6.39. The van der Waals surface area contributed by atoms with E-state index < -0.39 is 11.7 Å². The van der Waals surface area contributed by atoms with E-state index in [1.54, 1.807) is 19.1 Å². The Morgan fingerprint density at radius 1 is 1.24 bits per heavy atom. The molecule has 0 saturated carbocycles. The lowest BCUT2D eigenvalue weighted by atomic mass is 9.82. The van der Waals surface area contributed by atoms with Crippen molar-refractivity contribution in [3.63, 3.8) is 0 Å². The number of amides is 1. The van der Waals surface area contributed by atoms with Crippen molar-refractivity contribution < 1.29 is 13.9 Å². The SMILES string of the molecule is Cc1cc(=O)oc2cc(OC(C)C(=O)N3[C@@H]4CC[C@H]3[C@H]3CNC[C@H]34)c(Cl)cc12.Cl. The Kier molecular flexibility index (Phi) is 5.30. The van der Waals surface area contributed by atoms with Gasteiger partial charge in [0.25, 0.3) is 5.91 Å². The van der Waals surface area contributed by atoms with Gasteiger partial charge in [0.2, 0.25) is 0 Å². The van der Waals surface area contributed by atoms with Crippen molar-refractivity contribution in [3.05, 3.63) is 39.2 Å². The molecule has 1 unspecified atom stereocenters. The molecule has 0 aliphatic carbocycles. The molecule has 5 rings (SSSR count). The molecule has 2 aromatic rings. The quantitative estimate of drug-likeness (QED) is 0.745. The van der Waals surface area contributed by atoms with Gasteiger partial charge in [-0.1, -0.05) is 11.6 Å². The number of hydrogen-bond donors (Lipinski definition) is 1. The monoisotopic (exact) mass is 438 g/mol. The molecule has 0 radical (unpaired) electrons. The average Bonchev–Trinajstić information content (AvgIpc) is 3.34. The van der Waals surface area contributed by atoms with Crippen molar-refractivity contribution in [2.75, 3.05) is 13.1 Å². The van der Waals surface area contributed by atoms with Crippen LogP contribution in [0.2, 0.25) is 5.02 Å². The molecule has 8 heteroatoms. The number of fused-ring (bicyclic) bond motifs is 6. The number of hydrogen-bond acceptors (Lipinski definition) is 5. The number of nitrogens with zero attached hydrogens (tertiary/aromatic N) is 1. The molecule has 1 amide bonds. The van der Waals surface area contributed by atoms with Crippen LogP contribution in [0.1, 0.15) is 25.3 Å². The third-order valence-corrected chi connectivity index (χ3v) is 6.98. The van der Waals surface area contributed by atoms with Crippen molar-refractivity contribution in [1.82, 2.24) is 10.2 Å². The molecular weight excluding hydrogens is 415 g/mol. The predicted molar refractivity (Wildman–Crippen MR) is 113 cm³/mol. The van der Waals surface area contributed by atoms with Crippen LogP contribution in [-0.4, -0.2) is 42.1 Å². The number of aryl methyl sites for hydroxylation is 1. The van der Waals surface area contributed by atoms with Gasteiger partial charge in [-0.15, -0.1) is 12.4 Å². The molecule has 5 atom stereocenters. The highest BCUT2D eigenvalue weighted by Gasteiger charge is 2.56. The van der Waals surface area contributed by atoms with Gasteiger partial charge >= 0.3 is 5.63 Å². The van der Waals surface area contributed by atoms with E-state index in [0.29, 0.717) is 40.3 Å². The van der Waals surface area contributed by atoms with Gasteiger partial charge in [0.1, 0.15) is 11.3 Å². The van der Waals surface area contributed by atoms with Crippen LogP contribution >= 0.6 is 24.0 Å². The zero-order valence-electron chi connectivity index (χ0n) is 16.3. The molecule has 156 valence electrons. The van der Waals surface area contributed by atoms with E-state index in [2.05, 4.69) is 10.2 Å². The number of carbonyl (C=O) groups is 1. The molecule has 0 spiro atoms. The zero-order chi connectivity index (χ0) is 19.6. The molecule has 1 aromatic carbocycles. The van der Waals surface area contributed by atoms with Gasteiger partial charge in [-0.25, -0.2) is 4.79 Å². The fourth-order valence-corrected chi connectivity index (χ4v) is 5.66. The Labute approximate surface area is 179 Å². The summed E-state index contributed by atoms with van der Waals surface area (Å²) in [4.78, 5) is 26.9. The summed E-state index contributed by atoms with van der Waals surface area (Å²) in [7, 11) is 0.